The van der Waals surface area contributed by atoms with Gasteiger partial charge in [-0.1, -0.05) is 19.8 Å². The highest BCUT2D eigenvalue weighted by molar-refractivity contribution is 5.56. The van der Waals surface area contributed by atoms with Crippen molar-refractivity contribution in [1.29, 1.82) is 0 Å². The Kier molecular flexibility index (Phi) is 7.07. The summed E-state index contributed by atoms with van der Waals surface area (Å²) in [5, 5.41) is 0. The van der Waals surface area contributed by atoms with Crippen LogP contribution >= 0.6 is 0 Å². The first-order chi connectivity index (χ1) is 11.6. The van der Waals surface area contributed by atoms with E-state index in [0.29, 0.717) is 25.2 Å². The average Bonchev–Trinajstić information content (AvgIpc) is 2.71. The molecule has 0 amide bonds. The molecule has 1 unspecified atom stereocenters. The molecule has 0 aromatic rings. The molecule has 1 aliphatic carbocycles. The van der Waals surface area contributed by atoms with Crippen LogP contribution in [0.25, 0.3) is 0 Å². The van der Waals surface area contributed by atoms with Crippen molar-refractivity contribution in [1.82, 2.24) is 14.7 Å². The number of carbonyl (C=O) groups is 3. The molecule has 6 nitrogen and oxygen atoms in total. The molecule has 0 aromatic carbocycles. The lowest BCUT2D eigenvalue weighted by atomic mass is 9.88. The van der Waals surface area contributed by atoms with Gasteiger partial charge in [0.05, 0.1) is 19.6 Å². The van der Waals surface area contributed by atoms with Gasteiger partial charge in [-0.2, -0.15) is 0 Å². The molecule has 1 saturated heterocycles. The normalized spacial score (nSPS) is 32.1. The minimum absolute atomic E-state index is 0.247. The number of hydrogen-bond acceptors (Lipinski definition) is 6. The highest BCUT2D eigenvalue weighted by Crippen LogP contribution is 2.33. The first kappa shape index (κ1) is 19.2. The summed E-state index contributed by atoms with van der Waals surface area (Å²) in [7, 11) is 0. The van der Waals surface area contributed by atoms with Gasteiger partial charge in [-0.05, 0) is 26.3 Å². The van der Waals surface area contributed by atoms with E-state index in [2.05, 4.69) is 23.6 Å². The maximum Gasteiger partial charge on any atom is 0.134 e. The van der Waals surface area contributed by atoms with Crippen molar-refractivity contribution in [2.75, 3.05) is 39.3 Å². The fraction of sp³-hybridized carbons (Fsp3) is 0.833. The Bertz CT molecular complexity index is 435. The predicted octanol–water partition coefficient (Wildman–Crippen LogP) is 0.593. The summed E-state index contributed by atoms with van der Waals surface area (Å²) >= 11 is 0. The molecular weight excluding hydrogens is 306 g/mol. The summed E-state index contributed by atoms with van der Waals surface area (Å²) in [5.74, 6) is 0. The number of aldehydes is 3. The van der Waals surface area contributed by atoms with Gasteiger partial charge in [-0.25, -0.2) is 0 Å². The Morgan fingerprint density at radius 1 is 0.958 bits per heavy atom. The average molecular weight is 337 g/mol. The van der Waals surface area contributed by atoms with Gasteiger partial charge in [-0.3, -0.25) is 14.7 Å². The highest BCUT2D eigenvalue weighted by Gasteiger charge is 2.44. The molecule has 2 aliphatic rings. The molecule has 0 radical (unpaired) electrons. The van der Waals surface area contributed by atoms with Crippen molar-refractivity contribution in [3.05, 3.63) is 0 Å². The molecule has 2 fully saturated rings. The highest BCUT2D eigenvalue weighted by atomic mass is 16.1. The van der Waals surface area contributed by atoms with Gasteiger partial charge in [0, 0.05) is 30.7 Å². The first-order valence-corrected chi connectivity index (χ1v) is 9.13. The monoisotopic (exact) mass is 337 g/mol. The molecular formula is C18H31N3O3. The van der Waals surface area contributed by atoms with Gasteiger partial charge < -0.3 is 14.4 Å². The Morgan fingerprint density at radius 3 is 2.00 bits per heavy atom. The summed E-state index contributed by atoms with van der Waals surface area (Å²) in [6.07, 6.45) is 7.43. The maximum absolute atomic E-state index is 11.3. The fourth-order valence-electron chi connectivity index (χ4n) is 4.64. The van der Waals surface area contributed by atoms with Crippen LogP contribution in [0, 0.1) is 0 Å². The molecule has 1 aliphatic heterocycles. The van der Waals surface area contributed by atoms with Gasteiger partial charge in [0.25, 0.3) is 0 Å². The largest absolute Gasteiger partial charge is 0.302 e. The molecule has 136 valence electrons. The van der Waals surface area contributed by atoms with E-state index in [4.69, 9.17) is 0 Å². The van der Waals surface area contributed by atoms with E-state index in [-0.39, 0.29) is 18.6 Å². The van der Waals surface area contributed by atoms with E-state index in [1.54, 1.807) is 0 Å². The molecule has 2 rings (SSSR count). The summed E-state index contributed by atoms with van der Waals surface area (Å²) in [5.41, 5.74) is -0.321. The summed E-state index contributed by atoms with van der Waals surface area (Å²) in [6.45, 7) is 7.69. The lowest BCUT2D eigenvalue weighted by Crippen LogP contribution is -2.58. The summed E-state index contributed by atoms with van der Waals surface area (Å²) < 4.78 is 0. The fourth-order valence-corrected chi connectivity index (χ4v) is 4.64. The van der Waals surface area contributed by atoms with Crippen LogP contribution in [0.3, 0.4) is 0 Å². The smallest absolute Gasteiger partial charge is 0.134 e. The van der Waals surface area contributed by atoms with Crippen LogP contribution in [0.5, 0.6) is 0 Å². The Labute approximate surface area is 145 Å². The molecule has 0 N–H and O–H groups in total. The number of likely N-dealkylation sites (N-methyl/N-ethyl adjacent to an activating group) is 1. The first-order valence-electron chi connectivity index (χ1n) is 9.13. The Morgan fingerprint density at radius 2 is 1.50 bits per heavy atom. The lowest BCUT2D eigenvalue weighted by Gasteiger charge is -2.42. The standard InChI is InChI=1S/C18H31N3O3/c1-3-19-14-18(2,21(9-12-23)10-13-24)15-20(8-11-22)17-7-5-4-6-16(17)19/h11-13,16-17H,3-10,14-15H2,1-2H3/t16-,17-,18?/m1/s1. The minimum atomic E-state index is -0.321. The molecule has 6 heteroatoms. The number of fused-ring (bicyclic) bond motifs is 1. The topological polar surface area (TPSA) is 60.9 Å². The second kappa shape index (κ2) is 8.83. The number of hydrogen-bond donors (Lipinski definition) is 0. The molecule has 0 spiro atoms. The number of nitrogens with zero attached hydrogens (tertiary/aromatic N) is 3. The lowest BCUT2D eigenvalue weighted by molar-refractivity contribution is -0.115. The van der Waals surface area contributed by atoms with Crippen LogP contribution in [0.4, 0.5) is 0 Å². The van der Waals surface area contributed by atoms with Crippen molar-refractivity contribution >= 4 is 18.9 Å². The van der Waals surface area contributed by atoms with E-state index in [0.717, 1.165) is 44.8 Å². The van der Waals surface area contributed by atoms with Crippen LogP contribution in [-0.4, -0.2) is 90.4 Å². The molecule has 3 atom stereocenters. The Hall–Kier alpha value is -1.11. The third-order valence-corrected chi connectivity index (χ3v) is 5.79. The van der Waals surface area contributed by atoms with Gasteiger partial charge in [0.15, 0.2) is 0 Å². The third-order valence-electron chi connectivity index (χ3n) is 5.79. The number of rotatable bonds is 8. The molecule has 24 heavy (non-hydrogen) atoms. The van der Waals surface area contributed by atoms with Crippen LogP contribution < -0.4 is 0 Å². The van der Waals surface area contributed by atoms with Crippen molar-refractivity contribution in [2.24, 2.45) is 0 Å². The van der Waals surface area contributed by atoms with E-state index < -0.39 is 0 Å². The van der Waals surface area contributed by atoms with E-state index in [1.807, 2.05) is 4.90 Å². The van der Waals surface area contributed by atoms with Crippen molar-refractivity contribution < 1.29 is 14.4 Å². The quantitative estimate of drug-likeness (QED) is 0.604. The van der Waals surface area contributed by atoms with Crippen molar-refractivity contribution in [3.8, 4) is 0 Å². The van der Waals surface area contributed by atoms with Gasteiger partial charge in [0.1, 0.15) is 18.9 Å². The second-order valence-electron chi connectivity index (χ2n) is 7.31. The molecule has 1 saturated carbocycles. The summed E-state index contributed by atoms with van der Waals surface area (Å²) in [4.78, 5) is 40.3. The molecule has 0 aromatic heterocycles. The van der Waals surface area contributed by atoms with Crippen molar-refractivity contribution in [2.45, 2.75) is 57.2 Å². The van der Waals surface area contributed by atoms with Crippen LogP contribution in [0.1, 0.15) is 39.5 Å². The zero-order valence-electron chi connectivity index (χ0n) is 15.0. The van der Waals surface area contributed by atoms with E-state index in [1.165, 1.54) is 12.8 Å². The second-order valence-corrected chi connectivity index (χ2v) is 7.31. The molecule has 0 bridgehead atoms. The van der Waals surface area contributed by atoms with E-state index in [9.17, 15) is 14.4 Å². The van der Waals surface area contributed by atoms with Crippen LogP contribution in [0.15, 0.2) is 0 Å². The van der Waals surface area contributed by atoms with Gasteiger partial charge >= 0.3 is 0 Å². The molecule has 1 heterocycles. The maximum atomic E-state index is 11.3. The summed E-state index contributed by atoms with van der Waals surface area (Å²) in [6, 6.07) is 0.847. The van der Waals surface area contributed by atoms with Crippen LogP contribution in [-0.2, 0) is 14.4 Å². The van der Waals surface area contributed by atoms with Gasteiger partial charge in [0.2, 0.25) is 0 Å². The predicted molar refractivity (Wildman–Crippen MR) is 93.0 cm³/mol. The SMILES string of the molecule is CCN1CC(C)(N(CC=O)CC=O)CN(CC=O)[C@@H]2CCCC[C@H]21. The zero-order valence-corrected chi connectivity index (χ0v) is 15.0. The third kappa shape index (κ3) is 4.10. The number of carbonyl (C=O) groups excluding carboxylic acids is 3. The Balaban J connectivity index is 2.35. The minimum Gasteiger partial charge on any atom is -0.302 e. The van der Waals surface area contributed by atoms with E-state index >= 15 is 0 Å². The van der Waals surface area contributed by atoms with Gasteiger partial charge in [-0.15, -0.1) is 0 Å². The zero-order chi connectivity index (χ0) is 17.6. The van der Waals surface area contributed by atoms with Crippen molar-refractivity contribution in [3.63, 3.8) is 0 Å². The van der Waals surface area contributed by atoms with Crippen LogP contribution in [0.2, 0.25) is 0 Å².